The minimum Gasteiger partial charge on any atom is -0.395 e. The van der Waals surface area contributed by atoms with Gasteiger partial charge in [0, 0.05) is 37.3 Å². The van der Waals surface area contributed by atoms with Gasteiger partial charge in [0.25, 0.3) is 0 Å². The molecule has 2 atom stereocenters. The van der Waals surface area contributed by atoms with Crippen LogP contribution in [0, 0.1) is 11.7 Å². The predicted octanol–water partition coefficient (Wildman–Crippen LogP) is 2.01. The van der Waals surface area contributed by atoms with Crippen LogP contribution in [0.5, 0.6) is 0 Å². The molecule has 1 saturated heterocycles. The van der Waals surface area contributed by atoms with Gasteiger partial charge in [0.15, 0.2) is 0 Å². The Kier molecular flexibility index (Phi) is 5.52. The van der Waals surface area contributed by atoms with Crippen LogP contribution in [0.25, 0.3) is 0 Å². The van der Waals surface area contributed by atoms with Crippen molar-refractivity contribution in [2.24, 2.45) is 5.92 Å². The van der Waals surface area contributed by atoms with E-state index in [1.54, 1.807) is 6.07 Å². The summed E-state index contributed by atoms with van der Waals surface area (Å²) in [6, 6.07) is 7.38. The molecule has 112 valence electrons. The minimum atomic E-state index is -0.164. The van der Waals surface area contributed by atoms with E-state index >= 15 is 0 Å². The first-order valence-electron chi connectivity index (χ1n) is 7.41. The van der Waals surface area contributed by atoms with Crippen LogP contribution in [-0.4, -0.2) is 41.8 Å². The van der Waals surface area contributed by atoms with Crippen molar-refractivity contribution in [3.63, 3.8) is 0 Å². The summed E-state index contributed by atoms with van der Waals surface area (Å²) >= 11 is 0. The molecule has 2 N–H and O–H groups in total. The maximum atomic E-state index is 13.8. The molecule has 3 nitrogen and oxygen atoms in total. The lowest BCUT2D eigenvalue weighted by molar-refractivity contribution is 0.0692. The zero-order chi connectivity index (χ0) is 14.5. The number of piperazine rings is 1. The molecular weight excluding hydrogens is 255 g/mol. The van der Waals surface area contributed by atoms with Crippen molar-refractivity contribution in [2.45, 2.75) is 38.9 Å². The molecule has 2 unspecified atom stereocenters. The molecular formula is C16H25FN2O. The van der Waals surface area contributed by atoms with Crippen LogP contribution in [0.2, 0.25) is 0 Å². The molecule has 0 radical (unpaired) electrons. The summed E-state index contributed by atoms with van der Waals surface area (Å²) in [6.45, 7) is 6.71. The van der Waals surface area contributed by atoms with E-state index in [1.165, 1.54) is 6.07 Å². The normalized spacial score (nSPS) is 24.2. The Balaban J connectivity index is 2.03. The van der Waals surface area contributed by atoms with Crippen molar-refractivity contribution in [2.75, 3.05) is 19.7 Å². The molecule has 2 rings (SSSR count). The van der Waals surface area contributed by atoms with Gasteiger partial charge >= 0.3 is 0 Å². The lowest BCUT2D eigenvalue weighted by Crippen LogP contribution is -2.57. The first kappa shape index (κ1) is 15.4. The van der Waals surface area contributed by atoms with E-state index in [1.807, 2.05) is 12.1 Å². The Morgan fingerprint density at radius 1 is 1.40 bits per heavy atom. The fourth-order valence-electron chi connectivity index (χ4n) is 2.87. The summed E-state index contributed by atoms with van der Waals surface area (Å²) in [5, 5.41) is 13.0. The maximum Gasteiger partial charge on any atom is 0.127 e. The fraction of sp³-hybridized carbons (Fsp3) is 0.625. The summed E-state index contributed by atoms with van der Waals surface area (Å²) in [4.78, 5) is 2.20. The minimum absolute atomic E-state index is 0.0676. The van der Waals surface area contributed by atoms with Crippen molar-refractivity contribution in [1.82, 2.24) is 10.2 Å². The Morgan fingerprint density at radius 3 is 2.80 bits per heavy atom. The molecule has 0 aliphatic carbocycles. The molecule has 0 saturated carbocycles. The van der Waals surface area contributed by atoms with Crippen molar-refractivity contribution < 1.29 is 9.50 Å². The highest BCUT2D eigenvalue weighted by Gasteiger charge is 2.28. The quantitative estimate of drug-likeness (QED) is 0.866. The monoisotopic (exact) mass is 280 g/mol. The van der Waals surface area contributed by atoms with E-state index in [-0.39, 0.29) is 18.5 Å². The standard InChI is InChI=1S/C16H25FN2O/c1-12(2)7-14-10-19(15(11-20)8-18-14)9-13-5-3-4-6-16(13)17/h3-6,12,14-15,18,20H,7-11H2,1-2H3. The van der Waals surface area contributed by atoms with Crippen LogP contribution < -0.4 is 5.32 Å². The maximum absolute atomic E-state index is 13.8. The number of hydrogen-bond acceptors (Lipinski definition) is 3. The van der Waals surface area contributed by atoms with Gasteiger partial charge in [-0.3, -0.25) is 4.90 Å². The Bertz CT molecular complexity index is 425. The molecule has 20 heavy (non-hydrogen) atoms. The molecule has 0 spiro atoms. The molecule has 1 heterocycles. The summed E-state index contributed by atoms with van der Waals surface area (Å²) in [6.07, 6.45) is 1.10. The molecule has 0 aromatic heterocycles. The fourth-order valence-corrected chi connectivity index (χ4v) is 2.87. The average molecular weight is 280 g/mol. The van der Waals surface area contributed by atoms with Gasteiger partial charge in [-0.25, -0.2) is 4.39 Å². The number of rotatable bonds is 5. The van der Waals surface area contributed by atoms with Crippen molar-refractivity contribution in [3.8, 4) is 0 Å². The molecule has 0 amide bonds. The van der Waals surface area contributed by atoms with Crippen LogP contribution in [0.3, 0.4) is 0 Å². The second kappa shape index (κ2) is 7.16. The number of nitrogens with one attached hydrogen (secondary N) is 1. The van der Waals surface area contributed by atoms with E-state index in [4.69, 9.17) is 0 Å². The lowest BCUT2D eigenvalue weighted by atomic mass is 9.99. The summed E-state index contributed by atoms with van der Waals surface area (Å²) in [5.74, 6) is 0.469. The first-order valence-corrected chi connectivity index (χ1v) is 7.41. The zero-order valence-corrected chi connectivity index (χ0v) is 12.3. The summed E-state index contributed by atoms with van der Waals surface area (Å²) < 4.78 is 13.8. The number of halogens is 1. The van der Waals surface area contributed by atoms with E-state index in [2.05, 4.69) is 24.1 Å². The molecule has 4 heteroatoms. The van der Waals surface area contributed by atoms with Gasteiger partial charge in [0.1, 0.15) is 5.82 Å². The summed E-state index contributed by atoms with van der Waals surface area (Å²) in [5.41, 5.74) is 0.705. The summed E-state index contributed by atoms with van der Waals surface area (Å²) in [7, 11) is 0. The van der Waals surface area contributed by atoms with E-state index in [9.17, 15) is 9.50 Å². The number of aliphatic hydroxyl groups is 1. The van der Waals surface area contributed by atoms with Gasteiger partial charge in [-0.15, -0.1) is 0 Å². The van der Waals surface area contributed by atoms with Gasteiger partial charge in [0.05, 0.1) is 6.61 Å². The van der Waals surface area contributed by atoms with E-state index in [0.29, 0.717) is 24.1 Å². The van der Waals surface area contributed by atoms with Crippen LogP contribution >= 0.6 is 0 Å². The topological polar surface area (TPSA) is 35.5 Å². The highest BCUT2D eigenvalue weighted by atomic mass is 19.1. The second-order valence-corrected chi connectivity index (χ2v) is 6.09. The SMILES string of the molecule is CC(C)CC1CN(Cc2ccccc2F)C(CO)CN1. The van der Waals surface area contributed by atoms with E-state index in [0.717, 1.165) is 19.5 Å². The number of aliphatic hydroxyl groups excluding tert-OH is 1. The second-order valence-electron chi connectivity index (χ2n) is 6.09. The third-order valence-corrected chi connectivity index (χ3v) is 3.91. The van der Waals surface area contributed by atoms with Gasteiger partial charge in [-0.2, -0.15) is 0 Å². The number of nitrogens with zero attached hydrogens (tertiary/aromatic N) is 1. The molecule has 1 aromatic carbocycles. The number of hydrogen-bond donors (Lipinski definition) is 2. The average Bonchev–Trinajstić information content (AvgIpc) is 2.41. The van der Waals surface area contributed by atoms with E-state index < -0.39 is 0 Å². The smallest absolute Gasteiger partial charge is 0.127 e. The van der Waals surface area contributed by atoms with Gasteiger partial charge in [0.2, 0.25) is 0 Å². The molecule has 1 fully saturated rings. The molecule has 0 bridgehead atoms. The van der Waals surface area contributed by atoms with Crippen molar-refractivity contribution >= 4 is 0 Å². The van der Waals surface area contributed by atoms with Gasteiger partial charge < -0.3 is 10.4 Å². The predicted molar refractivity (Wildman–Crippen MR) is 78.9 cm³/mol. The van der Waals surface area contributed by atoms with Crippen LogP contribution in [0.15, 0.2) is 24.3 Å². The molecule has 1 aliphatic heterocycles. The van der Waals surface area contributed by atoms with Crippen LogP contribution in [0.4, 0.5) is 4.39 Å². The van der Waals surface area contributed by atoms with Gasteiger partial charge in [-0.05, 0) is 18.4 Å². The van der Waals surface area contributed by atoms with Gasteiger partial charge in [-0.1, -0.05) is 32.0 Å². The Hall–Kier alpha value is -0.970. The third kappa shape index (κ3) is 4.01. The van der Waals surface area contributed by atoms with Crippen molar-refractivity contribution in [3.05, 3.63) is 35.6 Å². The Labute approximate surface area is 120 Å². The highest BCUT2D eigenvalue weighted by Crippen LogP contribution is 2.17. The highest BCUT2D eigenvalue weighted by molar-refractivity contribution is 5.17. The van der Waals surface area contributed by atoms with Crippen LogP contribution in [0.1, 0.15) is 25.8 Å². The lowest BCUT2D eigenvalue weighted by Gasteiger charge is -2.40. The number of benzene rings is 1. The molecule has 1 aliphatic rings. The third-order valence-electron chi connectivity index (χ3n) is 3.91. The van der Waals surface area contributed by atoms with Crippen LogP contribution in [-0.2, 0) is 6.54 Å². The Morgan fingerprint density at radius 2 is 2.15 bits per heavy atom. The van der Waals surface area contributed by atoms with Crippen molar-refractivity contribution in [1.29, 1.82) is 0 Å². The zero-order valence-electron chi connectivity index (χ0n) is 12.3. The molecule has 1 aromatic rings. The largest absolute Gasteiger partial charge is 0.395 e. The first-order chi connectivity index (χ1) is 9.60.